The van der Waals surface area contributed by atoms with Crippen LogP contribution in [0.5, 0.6) is 5.75 Å². The van der Waals surface area contributed by atoms with Crippen molar-refractivity contribution >= 4 is 23.2 Å². The molecule has 0 fully saturated rings. The number of nitrogens with zero attached hydrogens (tertiary/aromatic N) is 1. The van der Waals surface area contributed by atoms with Crippen LogP contribution in [0.15, 0.2) is 42.6 Å². The molecule has 2 nitrogen and oxygen atoms in total. The Morgan fingerprint density at radius 2 is 1.81 bits per heavy atom. The van der Waals surface area contributed by atoms with Gasteiger partial charge in [0.1, 0.15) is 6.61 Å². The zero-order valence-corrected chi connectivity index (χ0v) is 9.87. The summed E-state index contributed by atoms with van der Waals surface area (Å²) in [5.74, 6) is 0.426. The van der Waals surface area contributed by atoms with Gasteiger partial charge in [0.05, 0.1) is 5.02 Å². The predicted octanol–water partition coefficient (Wildman–Crippen LogP) is 3.97. The highest BCUT2D eigenvalue weighted by Gasteiger charge is 2.07. The van der Waals surface area contributed by atoms with E-state index in [1.165, 1.54) is 0 Å². The molecule has 0 radical (unpaired) electrons. The molecule has 0 aliphatic rings. The zero-order chi connectivity index (χ0) is 11.4. The number of benzene rings is 1. The van der Waals surface area contributed by atoms with Crippen molar-refractivity contribution in [2.75, 3.05) is 0 Å². The highest BCUT2D eigenvalue weighted by atomic mass is 35.5. The largest absolute Gasteiger partial charge is 0.484 e. The summed E-state index contributed by atoms with van der Waals surface area (Å²) in [6.07, 6.45) is 1.54. The first kappa shape index (κ1) is 11.2. The summed E-state index contributed by atoms with van der Waals surface area (Å²) in [5.41, 5.74) is 1.05. The lowest BCUT2D eigenvalue weighted by Crippen LogP contribution is -1.97. The smallest absolute Gasteiger partial charge is 0.175 e. The van der Waals surface area contributed by atoms with Crippen molar-refractivity contribution in [1.82, 2.24) is 4.98 Å². The van der Waals surface area contributed by atoms with Crippen LogP contribution in [0.4, 0.5) is 0 Å². The van der Waals surface area contributed by atoms with Crippen molar-refractivity contribution in [3.8, 4) is 5.75 Å². The van der Waals surface area contributed by atoms with Crippen LogP contribution in [0, 0.1) is 0 Å². The average Bonchev–Trinajstić information content (AvgIpc) is 2.30. The summed E-state index contributed by atoms with van der Waals surface area (Å²) in [6, 6.07) is 11.4. The van der Waals surface area contributed by atoms with Crippen LogP contribution in [0.2, 0.25) is 10.2 Å². The number of aromatic nitrogens is 1. The van der Waals surface area contributed by atoms with E-state index in [-0.39, 0.29) is 5.15 Å². The highest BCUT2D eigenvalue weighted by Crippen LogP contribution is 2.30. The maximum Gasteiger partial charge on any atom is 0.175 e. The summed E-state index contributed by atoms with van der Waals surface area (Å²) in [7, 11) is 0. The fourth-order valence-corrected chi connectivity index (χ4v) is 1.72. The van der Waals surface area contributed by atoms with Crippen LogP contribution in [0.3, 0.4) is 0 Å². The van der Waals surface area contributed by atoms with E-state index in [1.54, 1.807) is 12.3 Å². The number of hydrogen-bond donors (Lipinski definition) is 0. The van der Waals surface area contributed by atoms with E-state index in [2.05, 4.69) is 4.98 Å². The molecule has 0 spiro atoms. The second-order valence-electron chi connectivity index (χ2n) is 3.19. The fourth-order valence-electron chi connectivity index (χ4n) is 1.26. The molecule has 0 N–H and O–H groups in total. The second kappa shape index (κ2) is 5.19. The molecule has 2 aromatic rings. The lowest BCUT2D eigenvalue weighted by Gasteiger charge is -2.08. The topological polar surface area (TPSA) is 22.1 Å². The molecule has 4 heteroatoms. The van der Waals surface area contributed by atoms with E-state index in [0.29, 0.717) is 17.4 Å². The van der Waals surface area contributed by atoms with E-state index in [4.69, 9.17) is 27.9 Å². The molecule has 0 bridgehead atoms. The summed E-state index contributed by atoms with van der Waals surface area (Å²) in [4.78, 5) is 3.91. The zero-order valence-electron chi connectivity index (χ0n) is 8.36. The van der Waals surface area contributed by atoms with Gasteiger partial charge in [-0.05, 0) is 11.6 Å². The summed E-state index contributed by atoms with van der Waals surface area (Å²) < 4.78 is 5.53. The van der Waals surface area contributed by atoms with Crippen LogP contribution in [-0.2, 0) is 6.61 Å². The van der Waals surface area contributed by atoms with Gasteiger partial charge in [-0.2, -0.15) is 0 Å². The first-order valence-corrected chi connectivity index (χ1v) is 5.49. The molecule has 0 aliphatic heterocycles. The Hall–Kier alpha value is -1.25. The lowest BCUT2D eigenvalue weighted by molar-refractivity contribution is 0.305. The Morgan fingerprint density at radius 1 is 1.06 bits per heavy atom. The molecule has 0 amide bonds. The van der Waals surface area contributed by atoms with E-state index < -0.39 is 0 Å². The SMILES string of the molecule is Clc1ccnc(Cl)c1OCc1ccccc1. The maximum absolute atomic E-state index is 5.95. The molecular formula is C12H9Cl2NO. The van der Waals surface area contributed by atoms with Crippen molar-refractivity contribution in [3.05, 3.63) is 58.3 Å². The first-order valence-electron chi connectivity index (χ1n) is 4.74. The van der Waals surface area contributed by atoms with Crippen LogP contribution >= 0.6 is 23.2 Å². The average molecular weight is 254 g/mol. The molecule has 0 atom stereocenters. The Labute approximate surface area is 104 Å². The summed E-state index contributed by atoms with van der Waals surface area (Å²) >= 11 is 11.8. The molecule has 1 heterocycles. The maximum atomic E-state index is 5.95. The summed E-state index contributed by atoms with van der Waals surface area (Å²) in [6.45, 7) is 0.423. The van der Waals surface area contributed by atoms with Crippen molar-refractivity contribution < 1.29 is 4.74 Å². The molecule has 0 unspecified atom stereocenters. The van der Waals surface area contributed by atoms with Crippen molar-refractivity contribution in [2.45, 2.75) is 6.61 Å². The minimum Gasteiger partial charge on any atom is -0.484 e. The van der Waals surface area contributed by atoms with Crippen LogP contribution in [-0.4, -0.2) is 4.98 Å². The lowest BCUT2D eigenvalue weighted by atomic mass is 10.2. The molecule has 16 heavy (non-hydrogen) atoms. The summed E-state index contributed by atoms with van der Waals surface area (Å²) in [5, 5.41) is 0.749. The van der Waals surface area contributed by atoms with Crippen LogP contribution in [0.25, 0.3) is 0 Å². The number of halogens is 2. The van der Waals surface area contributed by atoms with Crippen molar-refractivity contribution in [2.24, 2.45) is 0 Å². The Kier molecular flexibility index (Phi) is 3.65. The minimum atomic E-state index is 0.281. The van der Waals surface area contributed by atoms with Gasteiger partial charge in [0.15, 0.2) is 10.9 Å². The number of hydrogen-bond acceptors (Lipinski definition) is 2. The van der Waals surface area contributed by atoms with Gasteiger partial charge < -0.3 is 4.74 Å². The highest BCUT2D eigenvalue weighted by molar-refractivity contribution is 6.36. The third-order valence-corrected chi connectivity index (χ3v) is 2.61. The Balaban J connectivity index is 2.11. The predicted molar refractivity (Wildman–Crippen MR) is 65.0 cm³/mol. The second-order valence-corrected chi connectivity index (χ2v) is 3.95. The van der Waals surface area contributed by atoms with E-state index in [1.807, 2.05) is 30.3 Å². The molecular weight excluding hydrogens is 245 g/mol. The van der Waals surface area contributed by atoms with Gasteiger partial charge in [-0.1, -0.05) is 53.5 Å². The standard InChI is InChI=1S/C12H9Cl2NO/c13-10-6-7-15-12(14)11(10)16-8-9-4-2-1-3-5-9/h1-7H,8H2. The molecule has 0 saturated carbocycles. The molecule has 1 aromatic carbocycles. The van der Waals surface area contributed by atoms with Crippen molar-refractivity contribution in [3.63, 3.8) is 0 Å². The van der Waals surface area contributed by atoms with Crippen LogP contribution < -0.4 is 4.74 Å². The minimum absolute atomic E-state index is 0.281. The van der Waals surface area contributed by atoms with E-state index in [0.717, 1.165) is 5.56 Å². The molecule has 82 valence electrons. The first-order chi connectivity index (χ1) is 7.77. The third-order valence-electron chi connectivity index (χ3n) is 2.04. The van der Waals surface area contributed by atoms with Gasteiger partial charge in [0.25, 0.3) is 0 Å². The number of pyridine rings is 1. The monoisotopic (exact) mass is 253 g/mol. The normalized spacial score (nSPS) is 10.1. The van der Waals surface area contributed by atoms with Gasteiger partial charge in [0.2, 0.25) is 0 Å². The van der Waals surface area contributed by atoms with E-state index >= 15 is 0 Å². The van der Waals surface area contributed by atoms with Gasteiger partial charge in [-0.25, -0.2) is 4.98 Å². The third kappa shape index (κ3) is 2.65. The van der Waals surface area contributed by atoms with Gasteiger partial charge >= 0.3 is 0 Å². The van der Waals surface area contributed by atoms with Crippen molar-refractivity contribution in [1.29, 1.82) is 0 Å². The van der Waals surface area contributed by atoms with E-state index in [9.17, 15) is 0 Å². The van der Waals surface area contributed by atoms with Gasteiger partial charge in [-0.3, -0.25) is 0 Å². The molecule has 1 aromatic heterocycles. The number of rotatable bonds is 3. The Morgan fingerprint density at radius 3 is 2.50 bits per heavy atom. The molecule has 2 rings (SSSR count). The Bertz CT molecular complexity index is 453. The van der Waals surface area contributed by atoms with Crippen LogP contribution in [0.1, 0.15) is 5.56 Å². The molecule has 0 aliphatic carbocycles. The van der Waals surface area contributed by atoms with Gasteiger partial charge in [-0.15, -0.1) is 0 Å². The molecule has 0 saturated heterocycles. The fraction of sp³-hybridized carbons (Fsp3) is 0.0833. The quantitative estimate of drug-likeness (QED) is 0.773. The number of ether oxygens (including phenoxy) is 1. The van der Waals surface area contributed by atoms with Gasteiger partial charge in [0, 0.05) is 6.20 Å².